The Hall–Kier alpha value is -1.70. The van der Waals surface area contributed by atoms with Crippen LogP contribution in [0, 0.1) is 0 Å². The standard InChI is InChI=1S/C13H21N5O2/c1-18(9-11-8-14-6-7-20-11)10-13(19)17-16-12-4-2-3-5-15-12/h2-5,11,14H,6-10H2,1H3,(H,15,16)(H,17,19). The number of likely N-dealkylation sites (N-methyl/N-ethyl adjacent to an activating group) is 1. The van der Waals surface area contributed by atoms with E-state index in [4.69, 9.17) is 4.74 Å². The van der Waals surface area contributed by atoms with Gasteiger partial charge in [0.1, 0.15) is 5.82 Å². The summed E-state index contributed by atoms with van der Waals surface area (Å²) in [7, 11) is 1.90. The summed E-state index contributed by atoms with van der Waals surface area (Å²) in [5, 5.41) is 3.27. The van der Waals surface area contributed by atoms with Crippen LogP contribution in [0.4, 0.5) is 5.82 Å². The van der Waals surface area contributed by atoms with E-state index in [2.05, 4.69) is 21.2 Å². The molecule has 110 valence electrons. The van der Waals surface area contributed by atoms with E-state index in [0.717, 1.165) is 26.2 Å². The highest BCUT2D eigenvalue weighted by molar-refractivity contribution is 5.79. The molecule has 0 aromatic carbocycles. The number of aromatic nitrogens is 1. The van der Waals surface area contributed by atoms with E-state index in [0.29, 0.717) is 12.4 Å². The molecule has 2 rings (SSSR count). The molecule has 1 aliphatic rings. The molecule has 0 bridgehead atoms. The first-order valence-electron chi connectivity index (χ1n) is 6.71. The molecule has 1 atom stereocenters. The predicted octanol–water partition coefficient (Wildman–Crippen LogP) is -0.555. The SMILES string of the molecule is CN(CC(=O)NNc1ccccn1)CC1CNCCO1. The van der Waals surface area contributed by atoms with Gasteiger partial charge in [-0.3, -0.25) is 20.5 Å². The number of morpholine rings is 1. The molecule has 1 saturated heterocycles. The maximum Gasteiger partial charge on any atom is 0.252 e. The number of rotatable bonds is 6. The van der Waals surface area contributed by atoms with Crippen molar-refractivity contribution in [1.82, 2.24) is 20.6 Å². The highest BCUT2D eigenvalue weighted by atomic mass is 16.5. The normalized spacial score (nSPS) is 18.8. The second kappa shape index (κ2) is 7.78. The van der Waals surface area contributed by atoms with Crippen LogP contribution < -0.4 is 16.2 Å². The molecule has 1 unspecified atom stereocenters. The van der Waals surface area contributed by atoms with Gasteiger partial charge in [0.25, 0.3) is 5.91 Å². The molecule has 0 radical (unpaired) electrons. The Morgan fingerprint density at radius 1 is 1.60 bits per heavy atom. The molecule has 20 heavy (non-hydrogen) atoms. The largest absolute Gasteiger partial charge is 0.374 e. The smallest absolute Gasteiger partial charge is 0.252 e. The Morgan fingerprint density at radius 3 is 3.20 bits per heavy atom. The van der Waals surface area contributed by atoms with E-state index >= 15 is 0 Å². The van der Waals surface area contributed by atoms with Crippen molar-refractivity contribution in [3.63, 3.8) is 0 Å². The molecule has 0 saturated carbocycles. The third-order valence-corrected chi connectivity index (χ3v) is 2.93. The molecule has 1 aromatic heterocycles. The summed E-state index contributed by atoms with van der Waals surface area (Å²) in [5.74, 6) is 0.505. The predicted molar refractivity (Wildman–Crippen MR) is 76.1 cm³/mol. The summed E-state index contributed by atoms with van der Waals surface area (Å²) >= 11 is 0. The van der Waals surface area contributed by atoms with Crippen molar-refractivity contribution >= 4 is 11.7 Å². The van der Waals surface area contributed by atoms with Crippen molar-refractivity contribution in [2.24, 2.45) is 0 Å². The van der Waals surface area contributed by atoms with E-state index in [9.17, 15) is 4.79 Å². The highest BCUT2D eigenvalue weighted by Crippen LogP contribution is 1.99. The number of pyridine rings is 1. The molecule has 7 heteroatoms. The number of ether oxygens (including phenoxy) is 1. The van der Waals surface area contributed by atoms with E-state index in [1.165, 1.54) is 0 Å². The lowest BCUT2D eigenvalue weighted by Gasteiger charge is -2.27. The van der Waals surface area contributed by atoms with Crippen LogP contribution in [0.3, 0.4) is 0 Å². The fourth-order valence-corrected chi connectivity index (χ4v) is 2.00. The summed E-state index contributed by atoms with van der Waals surface area (Å²) in [4.78, 5) is 17.8. The number of hydrogen-bond acceptors (Lipinski definition) is 6. The minimum absolute atomic E-state index is 0.109. The Labute approximate surface area is 118 Å². The second-order valence-electron chi connectivity index (χ2n) is 4.78. The van der Waals surface area contributed by atoms with Gasteiger partial charge in [-0.15, -0.1) is 0 Å². The zero-order valence-corrected chi connectivity index (χ0v) is 11.6. The molecule has 1 amide bonds. The van der Waals surface area contributed by atoms with Crippen molar-refractivity contribution in [2.75, 3.05) is 45.3 Å². The Kier molecular flexibility index (Phi) is 5.72. The fraction of sp³-hybridized carbons (Fsp3) is 0.538. The van der Waals surface area contributed by atoms with Crippen LogP contribution in [0.1, 0.15) is 0 Å². The average molecular weight is 279 g/mol. The number of hydrazine groups is 1. The lowest BCUT2D eigenvalue weighted by atomic mass is 10.3. The van der Waals surface area contributed by atoms with Gasteiger partial charge < -0.3 is 10.1 Å². The zero-order valence-electron chi connectivity index (χ0n) is 11.6. The molecule has 2 heterocycles. The average Bonchev–Trinajstić information content (AvgIpc) is 2.47. The van der Waals surface area contributed by atoms with Gasteiger partial charge in [-0.1, -0.05) is 6.07 Å². The van der Waals surface area contributed by atoms with Crippen LogP contribution in [0.5, 0.6) is 0 Å². The number of hydrogen-bond donors (Lipinski definition) is 3. The Morgan fingerprint density at radius 2 is 2.50 bits per heavy atom. The third-order valence-electron chi connectivity index (χ3n) is 2.93. The second-order valence-corrected chi connectivity index (χ2v) is 4.78. The molecule has 0 aliphatic carbocycles. The summed E-state index contributed by atoms with van der Waals surface area (Å²) in [6.45, 7) is 3.49. The van der Waals surface area contributed by atoms with Gasteiger partial charge in [-0.25, -0.2) is 4.98 Å². The van der Waals surface area contributed by atoms with Crippen LogP contribution in [0.15, 0.2) is 24.4 Å². The van der Waals surface area contributed by atoms with Crippen molar-refractivity contribution < 1.29 is 9.53 Å². The lowest BCUT2D eigenvalue weighted by molar-refractivity contribution is -0.121. The first kappa shape index (κ1) is 14.7. The van der Waals surface area contributed by atoms with E-state index in [-0.39, 0.29) is 12.0 Å². The molecule has 1 aliphatic heterocycles. The number of nitrogens with zero attached hydrogens (tertiary/aromatic N) is 2. The van der Waals surface area contributed by atoms with Crippen molar-refractivity contribution in [3.05, 3.63) is 24.4 Å². The van der Waals surface area contributed by atoms with Crippen LogP contribution in [0.25, 0.3) is 0 Å². The first-order chi connectivity index (χ1) is 9.74. The van der Waals surface area contributed by atoms with E-state index < -0.39 is 0 Å². The Bertz CT molecular complexity index is 408. The number of anilines is 1. The molecule has 1 fully saturated rings. The van der Waals surface area contributed by atoms with Crippen LogP contribution in [-0.4, -0.2) is 61.7 Å². The van der Waals surface area contributed by atoms with E-state index in [1.54, 1.807) is 12.3 Å². The third kappa shape index (κ3) is 5.12. The fourth-order valence-electron chi connectivity index (χ4n) is 2.00. The van der Waals surface area contributed by atoms with Crippen LogP contribution >= 0.6 is 0 Å². The van der Waals surface area contributed by atoms with Crippen molar-refractivity contribution in [2.45, 2.75) is 6.10 Å². The van der Waals surface area contributed by atoms with Gasteiger partial charge in [0.2, 0.25) is 0 Å². The van der Waals surface area contributed by atoms with Crippen LogP contribution in [-0.2, 0) is 9.53 Å². The maximum absolute atomic E-state index is 11.8. The quantitative estimate of drug-likeness (QED) is 0.606. The summed E-state index contributed by atoms with van der Waals surface area (Å²) in [6, 6.07) is 5.45. The number of nitrogens with one attached hydrogen (secondary N) is 3. The number of carbonyl (C=O) groups excluding carboxylic acids is 1. The lowest BCUT2D eigenvalue weighted by Crippen LogP contribution is -2.46. The Balaban J connectivity index is 1.65. The van der Waals surface area contributed by atoms with Gasteiger partial charge in [0.15, 0.2) is 0 Å². The topological polar surface area (TPSA) is 78.5 Å². The molecular formula is C13H21N5O2. The summed E-state index contributed by atoms with van der Waals surface area (Å²) < 4.78 is 5.60. The number of carbonyl (C=O) groups is 1. The van der Waals surface area contributed by atoms with Crippen LogP contribution in [0.2, 0.25) is 0 Å². The van der Waals surface area contributed by atoms with Gasteiger partial charge in [0.05, 0.1) is 19.3 Å². The highest BCUT2D eigenvalue weighted by Gasteiger charge is 2.16. The van der Waals surface area contributed by atoms with Gasteiger partial charge in [0, 0.05) is 25.8 Å². The minimum Gasteiger partial charge on any atom is -0.374 e. The first-order valence-corrected chi connectivity index (χ1v) is 6.71. The monoisotopic (exact) mass is 279 g/mol. The summed E-state index contributed by atoms with van der Waals surface area (Å²) in [6.07, 6.45) is 1.80. The minimum atomic E-state index is -0.109. The molecule has 7 nitrogen and oxygen atoms in total. The molecule has 0 spiro atoms. The van der Waals surface area contributed by atoms with E-state index in [1.807, 2.05) is 24.1 Å². The molecule has 1 aromatic rings. The van der Waals surface area contributed by atoms with Crippen molar-refractivity contribution in [3.8, 4) is 0 Å². The van der Waals surface area contributed by atoms with Gasteiger partial charge in [-0.05, 0) is 19.2 Å². The molecule has 3 N–H and O–H groups in total. The van der Waals surface area contributed by atoms with Gasteiger partial charge >= 0.3 is 0 Å². The molecular weight excluding hydrogens is 258 g/mol. The number of amides is 1. The summed E-state index contributed by atoms with van der Waals surface area (Å²) in [5.41, 5.74) is 5.39. The van der Waals surface area contributed by atoms with Crippen molar-refractivity contribution in [1.29, 1.82) is 0 Å². The maximum atomic E-state index is 11.8. The zero-order chi connectivity index (χ0) is 14.2. The van der Waals surface area contributed by atoms with Gasteiger partial charge in [-0.2, -0.15) is 0 Å².